The number of aromatic nitrogens is 3. The maximum absolute atomic E-state index is 11.7. The van der Waals surface area contributed by atoms with E-state index in [0.717, 1.165) is 28.6 Å². The van der Waals surface area contributed by atoms with Gasteiger partial charge in [-0.15, -0.1) is 0 Å². The molecule has 2 aromatic heterocycles. The number of ether oxygens (including phenoxy) is 1. The molecule has 0 saturated carbocycles. The van der Waals surface area contributed by atoms with Gasteiger partial charge in [-0.05, 0) is 60.7 Å². The molecule has 148 valence electrons. The largest absolute Gasteiger partial charge is 0.488 e. The van der Waals surface area contributed by atoms with Crippen LogP contribution in [0.25, 0.3) is 22.0 Å². The van der Waals surface area contributed by atoms with Gasteiger partial charge >= 0.3 is 0 Å². The van der Waals surface area contributed by atoms with E-state index < -0.39 is 5.91 Å². The number of fused-ring (bicyclic) bond motifs is 1. The van der Waals surface area contributed by atoms with E-state index >= 15 is 0 Å². The van der Waals surface area contributed by atoms with Crippen molar-refractivity contribution in [2.24, 2.45) is 11.5 Å². The number of hydrogen-bond acceptors (Lipinski definition) is 5. The number of nitrogens with two attached hydrogens (primary N) is 2. The molecule has 3 aromatic rings. The Bertz CT molecular complexity index is 1110. The number of rotatable bonds is 8. The van der Waals surface area contributed by atoms with E-state index in [1.165, 1.54) is 18.4 Å². The summed E-state index contributed by atoms with van der Waals surface area (Å²) in [5, 5.41) is 5.19. The highest BCUT2D eigenvalue weighted by Gasteiger charge is 2.13. The number of allylic oxidation sites excluding steroid dienone is 2. The zero-order valence-electron chi connectivity index (χ0n) is 16.2. The van der Waals surface area contributed by atoms with Crippen molar-refractivity contribution < 1.29 is 9.53 Å². The van der Waals surface area contributed by atoms with Crippen molar-refractivity contribution in [1.29, 1.82) is 0 Å². The third-order valence-electron chi connectivity index (χ3n) is 4.40. The van der Waals surface area contributed by atoms with E-state index in [0.29, 0.717) is 11.3 Å². The van der Waals surface area contributed by atoms with Gasteiger partial charge in [0.2, 0.25) is 5.91 Å². The number of hydrogen-bond donors (Lipinski definition) is 2. The van der Waals surface area contributed by atoms with Gasteiger partial charge in [-0.2, -0.15) is 5.10 Å². The third-order valence-corrected chi connectivity index (χ3v) is 4.40. The molecule has 7 heteroatoms. The van der Waals surface area contributed by atoms with Gasteiger partial charge in [-0.3, -0.25) is 14.5 Å². The number of amides is 1. The quantitative estimate of drug-likeness (QED) is 0.455. The van der Waals surface area contributed by atoms with E-state index in [2.05, 4.69) is 16.7 Å². The Balaban J connectivity index is 1.93. The Morgan fingerprint density at radius 1 is 1.34 bits per heavy atom. The molecular formula is C22H23N5O2. The van der Waals surface area contributed by atoms with Crippen molar-refractivity contribution >= 4 is 16.8 Å². The van der Waals surface area contributed by atoms with Crippen LogP contribution in [0.5, 0.6) is 5.75 Å². The Labute approximate surface area is 169 Å². The minimum Gasteiger partial charge on any atom is -0.488 e. The van der Waals surface area contributed by atoms with Crippen LogP contribution in [0.2, 0.25) is 0 Å². The lowest BCUT2D eigenvalue weighted by Gasteiger charge is -2.13. The lowest BCUT2D eigenvalue weighted by Crippen LogP contribution is -2.18. The lowest BCUT2D eigenvalue weighted by atomic mass is 10.1. The fourth-order valence-corrected chi connectivity index (χ4v) is 2.89. The average molecular weight is 389 g/mol. The highest BCUT2D eigenvalue weighted by atomic mass is 16.5. The normalized spacial score (nSPS) is 11.8. The first-order valence-corrected chi connectivity index (χ1v) is 9.14. The molecule has 0 aliphatic carbocycles. The Morgan fingerprint density at radius 3 is 2.86 bits per heavy atom. The van der Waals surface area contributed by atoms with Crippen molar-refractivity contribution in [2.45, 2.75) is 13.5 Å². The molecule has 0 bridgehead atoms. The van der Waals surface area contributed by atoms with Crippen LogP contribution in [0.1, 0.15) is 6.92 Å². The Morgan fingerprint density at radius 2 is 2.17 bits per heavy atom. The van der Waals surface area contributed by atoms with E-state index in [-0.39, 0.29) is 12.2 Å². The highest BCUT2D eigenvalue weighted by Crippen LogP contribution is 2.32. The van der Waals surface area contributed by atoms with Crippen LogP contribution in [0.15, 0.2) is 78.9 Å². The van der Waals surface area contributed by atoms with Crippen LogP contribution < -0.4 is 16.2 Å². The zero-order chi connectivity index (χ0) is 20.8. The number of pyridine rings is 1. The topological polar surface area (TPSA) is 109 Å². The molecule has 0 spiro atoms. The van der Waals surface area contributed by atoms with Gasteiger partial charge in [0.15, 0.2) is 0 Å². The van der Waals surface area contributed by atoms with Crippen LogP contribution >= 0.6 is 0 Å². The monoisotopic (exact) mass is 389 g/mol. The first kappa shape index (κ1) is 19.9. The van der Waals surface area contributed by atoms with Crippen LogP contribution in [-0.4, -0.2) is 27.3 Å². The van der Waals surface area contributed by atoms with Gasteiger partial charge in [0, 0.05) is 35.5 Å². The van der Waals surface area contributed by atoms with Crippen LogP contribution in [0.4, 0.5) is 0 Å². The predicted molar refractivity (Wildman–Crippen MR) is 114 cm³/mol. The first-order valence-electron chi connectivity index (χ1n) is 9.14. The number of aryl methyl sites for hydroxylation is 1. The molecule has 1 amide bonds. The van der Waals surface area contributed by atoms with E-state index in [4.69, 9.17) is 16.2 Å². The molecule has 0 atom stereocenters. The van der Waals surface area contributed by atoms with E-state index in [9.17, 15) is 4.79 Å². The summed E-state index contributed by atoms with van der Waals surface area (Å²) in [7, 11) is 0. The van der Waals surface area contributed by atoms with Gasteiger partial charge in [0.1, 0.15) is 12.4 Å². The second-order valence-corrected chi connectivity index (χ2v) is 6.35. The maximum Gasteiger partial charge on any atom is 0.249 e. The molecule has 0 aliphatic heterocycles. The summed E-state index contributed by atoms with van der Waals surface area (Å²) in [6.45, 7) is 6.83. The van der Waals surface area contributed by atoms with Crippen molar-refractivity contribution in [3.8, 4) is 16.9 Å². The summed E-state index contributed by atoms with van der Waals surface area (Å²) in [6.07, 6.45) is 9.87. The number of carbonyl (C=O) groups excluding carboxylic acids is 1. The minimum atomic E-state index is -0.594. The molecule has 29 heavy (non-hydrogen) atoms. The Kier molecular flexibility index (Phi) is 6.09. The molecule has 4 N–H and O–H groups in total. The van der Waals surface area contributed by atoms with Crippen LogP contribution in [0, 0.1) is 0 Å². The summed E-state index contributed by atoms with van der Waals surface area (Å²) < 4.78 is 7.87. The first-order chi connectivity index (χ1) is 14.0. The molecule has 0 radical (unpaired) electrons. The predicted octanol–water partition coefficient (Wildman–Crippen LogP) is 2.94. The minimum absolute atomic E-state index is 0.0921. The highest BCUT2D eigenvalue weighted by molar-refractivity contribution is 5.96. The van der Waals surface area contributed by atoms with Gasteiger partial charge in [-0.25, -0.2) is 0 Å². The number of primary amides is 1. The molecule has 0 fully saturated rings. The second kappa shape index (κ2) is 8.88. The summed E-state index contributed by atoms with van der Waals surface area (Å²) in [5.74, 6) is 0.0399. The summed E-state index contributed by atoms with van der Waals surface area (Å²) in [5.41, 5.74) is 14.2. The van der Waals surface area contributed by atoms with Crippen molar-refractivity contribution in [1.82, 2.24) is 14.8 Å². The molecular weight excluding hydrogens is 366 g/mol. The summed E-state index contributed by atoms with van der Waals surface area (Å²) in [6, 6.07) is 7.71. The lowest BCUT2D eigenvalue weighted by molar-refractivity contribution is -0.114. The fraction of sp³-hybridized carbons (Fsp3) is 0.136. The van der Waals surface area contributed by atoms with Crippen molar-refractivity contribution in [2.75, 3.05) is 6.61 Å². The van der Waals surface area contributed by atoms with E-state index in [1.807, 2.05) is 48.3 Å². The number of carbonyl (C=O) groups is 1. The van der Waals surface area contributed by atoms with Gasteiger partial charge in [-0.1, -0.05) is 6.58 Å². The molecule has 2 heterocycles. The zero-order valence-corrected chi connectivity index (χ0v) is 16.2. The van der Waals surface area contributed by atoms with Gasteiger partial charge < -0.3 is 16.2 Å². The second-order valence-electron chi connectivity index (χ2n) is 6.35. The van der Waals surface area contributed by atoms with Gasteiger partial charge in [0.05, 0.1) is 11.7 Å². The SMILES string of the molecule is C=C(COc1cc(-c2cnn(CC)c2)cc2ncccc12)/C(=C\C=C/N)C(N)=O. The number of nitrogens with zero attached hydrogens (tertiary/aromatic N) is 3. The van der Waals surface area contributed by atoms with Crippen LogP contribution in [0.3, 0.4) is 0 Å². The summed E-state index contributed by atoms with van der Waals surface area (Å²) >= 11 is 0. The van der Waals surface area contributed by atoms with Gasteiger partial charge in [0.25, 0.3) is 0 Å². The molecule has 7 nitrogen and oxygen atoms in total. The van der Waals surface area contributed by atoms with Crippen LogP contribution in [-0.2, 0) is 11.3 Å². The third kappa shape index (κ3) is 4.52. The molecule has 0 saturated heterocycles. The molecule has 0 aliphatic rings. The van der Waals surface area contributed by atoms with E-state index in [1.54, 1.807) is 6.20 Å². The molecule has 3 rings (SSSR count). The fourth-order valence-electron chi connectivity index (χ4n) is 2.89. The molecule has 1 aromatic carbocycles. The maximum atomic E-state index is 11.7. The van der Waals surface area contributed by atoms with Crippen molar-refractivity contribution in [3.63, 3.8) is 0 Å². The number of benzene rings is 1. The molecule has 0 unspecified atom stereocenters. The average Bonchev–Trinajstić information content (AvgIpc) is 3.21. The Hall–Kier alpha value is -3.87. The standard InChI is InChI=1S/C22H23N5O2/c1-3-27-13-17(12-26-27)16-10-20-19(7-5-9-25-20)21(11-16)29-14-15(2)18(22(24)28)6-4-8-23/h4-13H,2-3,14,23H2,1H3,(H2,24,28)/b8-4-,18-6+. The summed E-state index contributed by atoms with van der Waals surface area (Å²) in [4.78, 5) is 16.1. The smallest absolute Gasteiger partial charge is 0.249 e. The van der Waals surface area contributed by atoms with Crippen molar-refractivity contribution in [3.05, 3.63) is 78.9 Å².